The molecule has 4 heteroatoms. The number of aromatic carboxylic acids is 1. The molecule has 1 atom stereocenters. The zero-order valence-electron chi connectivity index (χ0n) is 8.87. The Morgan fingerprint density at radius 1 is 1.38 bits per heavy atom. The molecule has 0 amide bonds. The molecule has 0 aliphatic heterocycles. The highest BCUT2D eigenvalue weighted by atomic mass is 16.4. The van der Waals surface area contributed by atoms with Gasteiger partial charge in [0.1, 0.15) is 0 Å². The SMILES string of the molecule is CC(c1ccccc1)n1ccnc1C(=O)O. The molecule has 16 heavy (non-hydrogen) atoms. The highest BCUT2D eigenvalue weighted by Crippen LogP contribution is 2.18. The first-order chi connectivity index (χ1) is 7.70. The summed E-state index contributed by atoms with van der Waals surface area (Å²) in [4.78, 5) is 14.8. The van der Waals surface area contributed by atoms with E-state index in [4.69, 9.17) is 5.11 Å². The third-order valence-electron chi connectivity index (χ3n) is 2.56. The summed E-state index contributed by atoms with van der Waals surface area (Å²) in [6, 6.07) is 9.70. The maximum Gasteiger partial charge on any atom is 0.372 e. The zero-order chi connectivity index (χ0) is 11.5. The average molecular weight is 216 g/mol. The first-order valence-corrected chi connectivity index (χ1v) is 5.01. The molecule has 1 aromatic heterocycles. The summed E-state index contributed by atoms with van der Waals surface area (Å²) in [5.74, 6) is -0.941. The van der Waals surface area contributed by atoms with Crippen molar-refractivity contribution in [1.29, 1.82) is 0 Å². The lowest BCUT2D eigenvalue weighted by Gasteiger charge is -2.14. The Bertz CT molecular complexity index is 491. The van der Waals surface area contributed by atoms with Crippen molar-refractivity contribution in [2.24, 2.45) is 0 Å². The summed E-state index contributed by atoms with van der Waals surface area (Å²) in [6.07, 6.45) is 3.18. The molecule has 82 valence electrons. The van der Waals surface area contributed by atoms with Gasteiger partial charge in [0, 0.05) is 12.4 Å². The average Bonchev–Trinajstić information content (AvgIpc) is 2.78. The number of imidazole rings is 1. The van der Waals surface area contributed by atoms with Crippen LogP contribution >= 0.6 is 0 Å². The quantitative estimate of drug-likeness (QED) is 0.855. The van der Waals surface area contributed by atoms with Crippen molar-refractivity contribution in [3.05, 3.63) is 54.1 Å². The van der Waals surface area contributed by atoms with Gasteiger partial charge in [0.05, 0.1) is 6.04 Å². The summed E-state index contributed by atoms with van der Waals surface area (Å²) in [5, 5.41) is 8.97. The van der Waals surface area contributed by atoms with Crippen LogP contribution in [0.3, 0.4) is 0 Å². The van der Waals surface area contributed by atoms with E-state index < -0.39 is 5.97 Å². The van der Waals surface area contributed by atoms with E-state index in [-0.39, 0.29) is 11.9 Å². The van der Waals surface area contributed by atoms with Crippen molar-refractivity contribution in [2.75, 3.05) is 0 Å². The summed E-state index contributed by atoms with van der Waals surface area (Å²) in [6.45, 7) is 1.95. The first-order valence-electron chi connectivity index (χ1n) is 5.01. The first kappa shape index (κ1) is 10.4. The van der Waals surface area contributed by atoms with Crippen LogP contribution in [0.5, 0.6) is 0 Å². The molecular formula is C12H12N2O2. The number of hydrogen-bond acceptors (Lipinski definition) is 2. The van der Waals surface area contributed by atoms with E-state index in [2.05, 4.69) is 4.98 Å². The van der Waals surface area contributed by atoms with Gasteiger partial charge in [-0.3, -0.25) is 0 Å². The minimum Gasteiger partial charge on any atom is -0.475 e. The van der Waals surface area contributed by atoms with Gasteiger partial charge in [-0.05, 0) is 12.5 Å². The topological polar surface area (TPSA) is 55.1 Å². The largest absolute Gasteiger partial charge is 0.475 e. The highest BCUT2D eigenvalue weighted by molar-refractivity contribution is 5.83. The van der Waals surface area contributed by atoms with Crippen LogP contribution in [-0.4, -0.2) is 20.6 Å². The van der Waals surface area contributed by atoms with Crippen LogP contribution in [0.4, 0.5) is 0 Å². The van der Waals surface area contributed by atoms with Crippen LogP contribution in [0.2, 0.25) is 0 Å². The lowest BCUT2D eigenvalue weighted by molar-refractivity contribution is 0.0677. The molecule has 4 nitrogen and oxygen atoms in total. The number of carboxylic acids is 1. The Hall–Kier alpha value is -2.10. The normalized spacial score (nSPS) is 12.3. The van der Waals surface area contributed by atoms with E-state index in [1.54, 1.807) is 10.8 Å². The Morgan fingerprint density at radius 2 is 2.06 bits per heavy atom. The number of benzene rings is 1. The fourth-order valence-electron chi connectivity index (χ4n) is 1.68. The number of nitrogens with zero attached hydrogens (tertiary/aromatic N) is 2. The number of rotatable bonds is 3. The van der Waals surface area contributed by atoms with Crippen LogP contribution in [0, 0.1) is 0 Å². The molecule has 1 unspecified atom stereocenters. The van der Waals surface area contributed by atoms with Gasteiger partial charge in [0.25, 0.3) is 0 Å². The Kier molecular flexibility index (Phi) is 2.72. The second kappa shape index (κ2) is 4.18. The molecule has 0 saturated carbocycles. The van der Waals surface area contributed by atoms with Gasteiger partial charge in [-0.1, -0.05) is 30.3 Å². The summed E-state index contributed by atoms with van der Waals surface area (Å²) < 4.78 is 1.65. The van der Waals surface area contributed by atoms with Crippen molar-refractivity contribution in [1.82, 2.24) is 9.55 Å². The van der Waals surface area contributed by atoms with Gasteiger partial charge in [0.2, 0.25) is 5.82 Å². The van der Waals surface area contributed by atoms with Gasteiger partial charge in [0.15, 0.2) is 0 Å². The highest BCUT2D eigenvalue weighted by Gasteiger charge is 2.16. The lowest BCUT2D eigenvalue weighted by Crippen LogP contribution is -2.13. The summed E-state index contributed by atoms with van der Waals surface area (Å²) in [7, 11) is 0. The molecule has 0 saturated heterocycles. The van der Waals surface area contributed by atoms with Crippen molar-refractivity contribution >= 4 is 5.97 Å². The van der Waals surface area contributed by atoms with Crippen LogP contribution in [0.25, 0.3) is 0 Å². The third kappa shape index (κ3) is 1.82. The van der Waals surface area contributed by atoms with Gasteiger partial charge in [-0.25, -0.2) is 9.78 Å². The zero-order valence-corrected chi connectivity index (χ0v) is 8.87. The molecule has 2 rings (SSSR count). The van der Waals surface area contributed by atoms with E-state index >= 15 is 0 Å². The fraction of sp³-hybridized carbons (Fsp3) is 0.167. The van der Waals surface area contributed by atoms with Crippen LogP contribution < -0.4 is 0 Å². The standard InChI is InChI=1S/C12H12N2O2/c1-9(10-5-3-2-4-6-10)14-8-7-13-11(14)12(15)16/h2-9H,1H3,(H,15,16). The van der Waals surface area contributed by atoms with Gasteiger partial charge >= 0.3 is 5.97 Å². The Labute approximate surface area is 93.2 Å². The maximum absolute atomic E-state index is 10.9. The number of carboxylic acid groups (broad SMARTS) is 1. The lowest BCUT2D eigenvalue weighted by atomic mass is 10.1. The Morgan fingerprint density at radius 3 is 2.69 bits per heavy atom. The molecule has 0 spiro atoms. The van der Waals surface area contributed by atoms with Gasteiger partial charge in [-0.2, -0.15) is 0 Å². The van der Waals surface area contributed by atoms with Crippen molar-refractivity contribution in [3.8, 4) is 0 Å². The molecule has 2 aromatic rings. The number of carbonyl (C=O) groups is 1. The van der Waals surface area contributed by atoms with Crippen molar-refractivity contribution in [2.45, 2.75) is 13.0 Å². The van der Waals surface area contributed by atoms with Crippen LogP contribution in [0.1, 0.15) is 29.1 Å². The molecular weight excluding hydrogens is 204 g/mol. The Balaban J connectivity index is 2.38. The van der Waals surface area contributed by atoms with Crippen LogP contribution in [-0.2, 0) is 0 Å². The maximum atomic E-state index is 10.9. The predicted octanol–water partition coefficient (Wildman–Crippen LogP) is 2.19. The van der Waals surface area contributed by atoms with E-state index in [0.29, 0.717) is 0 Å². The van der Waals surface area contributed by atoms with E-state index in [1.807, 2.05) is 37.3 Å². The second-order valence-corrected chi connectivity index (χ2v) is 3.55. The van der Waals surface area contributed by atoms with Gasteiger partial charge in [-0.15, -0.1) is 0 Å². The molecule has 0 aliphatic carbocycles. The molecule has 0 radical (unpaired) electrons. The monoisotopic (exact) mass is 216 g/mol. The van der Waals surface area contributed by atoms with Crippen molar-refractivity contribution < 1.29 is 9.90 Å². The molecule has 0 aliphatic rings. The number of hydrogen-bond donors (Lipinski definition) is 1. The molecule has 1 aromatic carbocycles. The predicted molar refractivity (Wildman–Crippen MR) is 59.4 cm³/mol. The van der Waals surface area contributed by atoms with E-state index in [1.165, 1.54) is 6.20 Å². The smallest absolute Gasteiger partial charge is 0.372 e. The molecule has 0 fully saturated rings. The van der Waals surface area contributed by atoms with Gasteiger partial charge < -0.3 is 9.67 Å². The minimum atomic E-state index is -1.01. The summed E-state index contributed by atoms with van der Waals surface area (Å²) >= 11 is 0. The molecule has 1 heterocycles. The summed E-state index contributed by atoms with van der Waals surface area (Å²) in [5.41, 5.74) is 1.06. The fourth-order valence-corrected chi connectivity index (χ4v) is 1.68. The molecule has 0 bridgehead atoms. The minimum absolute atomic E-state index is 0.0326. The third-order valence-corrected chi connectivity index (χ3v) is 2.56. The van der Waals surface area contributed by atoms with E-state index in [0.717, 1.165) is 5.56 Å². The number of aromatic nitrogens is 2. The second-order valence-electron chi connectivity index (χ2n) is 3.55. The van der Waals surface area contributed by atoms with E-state index in [9.17, 15) is 4.79 Å². The van der Waals surface area contributed by atoms with Crippen molar-refractivity contribution in [3.63, 3.8) is 0 Å². The molecule has 1 N–H and O–H groups in total. The van der Waals surface area contributed by atoms with Crippen LogP contribution in [0.15, 0.2) is 42.7 Å².